The summed E-state index contributed by atoms with van der Waals surface area (Å²) in [5, 5.41) is 22.3. The third-order valence-corrected chi connectivity index (χ3v) is 12.6. The lowest BCUT2D eigenvalue weighted by Crippen LogP contribution is -2.69. The minimum Gasteiger partial charge on any atom is -0.481 e. The van der Waals surface area contributed by atoms with Gasteiger partial charge in [-0.1, -0.05) is 34.6 Å². The number of rotatable bonds is 1. The van der Waals surface area contributed by atoms with E-state index >= 15 is 0 Å². The van der Waals surface area contributed by atoms with Gasteiger partial charge in [0.25, 0.3) is 0 Å². The third-order valence-electron chi connectivity index (χ3n) is 12.6. The molecule has 7 heteroatoms. The fourth-order valence-corrected chi connectivity index (χ4v) is 10.4. The number of carboxylic acids is 1. The molecule has 2 saturated heterocycles. The molecule has 9 atom stereocenters. The molecular weight excluding hydrogens is 472 g/mol. The molecule has 0 spiro atoms. The van der Waals surface area contributed by atoms with E-state index in [4.69, 9.17) is 9.47 Å². The number of ether oxygens (including phenoxy) is 2. The Kier molecular flexibility index (Phi) is 5.79. The first kappa shape index (κ1) is 27.0. The molecule has 0 aromatic rings. The molecule has 37 heavy (non-hydrogen) atoms. The van der Waals surface area contributed by atoms with Gasteiger partial charge in [0.05, 0.1) is 11.5 Å². The van der Waals surface area contributed by atoms with Crippen molar-refractivity contribution >= 4 is 17.9 Å². The van der Waals surface area contributed by atoms with Crippen molar-refractivity contribution in [1.29, 1.82) is 0 Å². The molecule has 208 valence electrons. The molecule has 2 heterocycles. The highest BCUT2D eigenvalue weighted by Crippen LogP contribution is 2.72. The summed E-state index contributed by atoms with van der Waals surface area (Å²) in [6, 6.07) is 0. The first-order valence-corrected chi connectivity index (χ1v) is 14.3. The van der Waals surface area contributed by atoms with E-state index in [1.54, 1.807) is 0 Å². The van der Waals surface area contributed by atoms with Crippen molar-refractivity contribution < 1.29 is 34.1 Å². The Morgan fingerprint density at radius 3 is 2.19 bits per heavy atom. The van der Waals surface area contributed by atoms with Gasteiger partial charge in [-0.05, 0) is 81.0 Å². The first-order valence-electron chi connectivity index (χ1n) is 14.3. The predicted molar refractivity (Wildman–Crippen MR) is 136 cm³/mol. The Morgan fingerprint density at radius 1 is 0.865 bits per heavy atom. The first-order chi connectivity index (χ1) is 16.9. The number of aliphatic hydroxyl groups is 1. The summed E-state index contributed by atoms with van der Waals surface area (Å²) in [7, 11) is 0. The van der Waals surface area contributed by atoms with E-state index in [9.17, 15) is 24.6 Å². The van der Waals surface area contributed by atoms with Gasteiger partial charge in [0.1, 0.15) is 11.7 Å². The summed E-state index contributed by atoms with van der Waals surface area (Å²) in [5.41, 5.74) is -3.37. The number of esters is 2. The van der Waals surface area contributed by atoms with E-state index in [1.165, 1.54) is 0 Å². The second kappa shape index (κ2) is 7.95. The number of hydrogen-bond acceptors (Lipinski definition) is 6. The van der Waals surface area contributed by atoms with E-state index < -0.39 is 40.5 Å². The van der Waals surface area contributed by atoms with Crippen LogP contribution < -0.4 is 0 Å². The molecule has 0 radical (unpaired) electrons. The molecule has 5 rings (SSSR count). The molecule has 7 nitrogen and oxygen atoms in total. The molecule has 0 unspecified atom stereocenters. The predicted octanol–water partition coefficient (Wildman–Crippen LogP) is 5.12. The van der Waals surface area contributed by atoms with Crippen molar-refractivity contribution in [2.45, 2.75) is 124 Å². The largest absolute Gasteiger partial charge is 0.481 e. The van der Waals surface area contributed by atoms with Gasteiger partial charge in [0.2, 0.25) is 0 Å². The highest BCUT2D eigenvalue weighted by molar-refractivity contribution is 5.77. The van der Waals surface area contributed by atoms with Crippen LogP contribution in [0.2, 0.25) is 0 Å². The van der Waals surface area contributed by atoms with Crippen molar-refractivity contribution in [2.24, 2.45) is 44.8 Å². The molecule has 0 aromatic heterocycles. The van der Waals surface area contributed by atoms with Gasteiger partial charge in [0.15, 0.2) is 0 Å². The van der Waals surface area contributed by atoms with Crippen LogP contribution in [0.15, 0.2) is 0 Å². The van der Waals surface area contributed by atoms with Gasteiger partial charge in [0, 0.05) is 30.1 Å². The summed E-state index contributed by atoms with van der Waals surface area (Å²) >= 11 is 0. The Bertz CT molecular complexity index is 1020. The van der Waals surface area contributed by atoms with E-state index in [0.29, 0.717) is 38.5 Å². The standard InChI is InChI=1S/C30H46O7/c1-25(2)12-13-30(24(34)35)17(15-25)23-29(7,16-20(30)31)28(6)11-8-18-26(3,4)37-21(32)9-10-27(18,5)19(28)14-22(33)36-23/h17-20,23,31H,8-16H2,1-7H3,(H,34,35)/t17-,18-,19+,20+,23+,27-,28+,29+,30+/m0/s1. The van der Waals surface area contributed by atoms with Crippen molar-refractivity contribution in [3.63, 3.8) is 0 Å². The van der Waals surface area contributed by atoms with Crippen LogP contribution in [-0.2, 0) is 23.9 Å². The van der Waals surface area contributed by atoms with Crippen LogP contribution in [0.25, 0.3) is 0 Å². The number of aliphatic carboxylic acids is 1. The van der Waals surface area contributed by atoms with E-state index in [2.05, 4.69) is 34.6 Å². The van der Waals surface area contributed by atoms with Gasteiger partial charge >= 0.3 is 17.9 Å². The summed E-state index contributed by atoms with van der Waals surface area (Å²) in [5.74, 6) is -1.87. The Morgan fingerprint density at radius 2 is 1.54 bits per heavy atom. The third kappa shape index (κ3) is 3.50. The highest BCUT2D eigenvalue weighted by atomic mass is 16.6. The average Bonchev–Trinajstić information content (AvgIpc) is 2.91. The fraction of sp³-hybridized carbons (Fsp3) is 0.900. The molecule has 2 aliphatic heterocycles. The van der Waals surface area contributed by atoms with Crippen LogP contribution in [-0.4, -0.2) is 45.9 Å². The maximum atomic E-state index is 13.7. The van der Waals surface area contributed by atoms with Gasteiger partial charge in [-0.2, -0.15) is 0 Å². The zero-order valence-electron chi connectivity index (χ0n) is 23.7. The van der Waals surface area contributed by atoms with Crippen LogP contribution in [0, 0.1) is 44.8 Å². The number of carbonyl (C=O) groups excluding carboxylic acids is 2. The fourth-order valence-electron chi connectivity index (χ4n) is 10.4. The van der Waals surface area contributed by atoms with Gasteiger partial charge in [-0.3, -0.25) is 14.4 Å². The van der Waals surface area contributed by atoms with Crippen LogP contribution >= 0.6 is 0 Å². The Hall–Kier alpha value is -1.63. The van der Waals surface area contributed by atoms with Crippen molar-refractivity contribution in [2.75, 3.05) is 0 Å². The van der Waals surface area contributed by atoms with Crippen molar-refractivity contribution in [3.8, 4) is 0 Å². The lowest BCUT2D eigenvalue weighted by Gasteiger charge is -2.67. The van der Waals surface area contributed by atoms with Gasteiger partial charge in [-0.15, -0.1) is 0 Å². The van der Waals surface area contributed by atoms with Crippen molar-refractivity contribution in [3.05, 3.63) is 0 Å². The average molecular weight is 519 g/mol. The molecule has 0 bridgehead atoms. The monoisotopic (exact) mass is 518 g/mol. The summed E-state index contributed by atoms with van der Waals surface area (Å²) < 4.78 is 12.3. The zero-order valence-corrected chi connectivity index (χ0v) is 23.7. The van der Waals surface area contributed by atoms with Crippen molar-refractivity contribution in [1.82, 2.24) is 0 Å². The normalized spacial score (nSPS) is 50.5. The number of aliphatic hydroxyl groups excluding tert-OH is 1. The number of hydrogen-bond donors (Lipinski definition) is 2. The Labute approximate surface area is 221 Å². The smallest absolute Gasteiger partial charge is 0.312 e. The van der Waals surface area contributed by atoms with Gasteiger partial charge in [-0.25, -0.2) is 0 Å². The second-order valence-corrected chi connectivity index (χ2v) is 15.2. The van der Waals surface area contributed by atoms with E-state index in [0.717, 1.165) is 12.8 Å². The number of carbonyl (C=O) groups is 3. The summed E-state index contributed by atoms with van der Waals surface area (Å²) in [6.07, 6.45) is 3.26. The quantitative estimate of drug-likeness (QED) is 0.463. The van der Waals surface area contributed by atoms with E-state index in [1.807, 2.05) is 13.8 Å². The molecule has 2 N–H and O–H groups in total. The van der Waals surface area contributed by atoms with E-state index in [-0.39, 0.29) is 46.4 Å². The van der Waals surface area contributed by atoms with Gasteiger partial charge < -0.3 is 19.7 Å². The van der Waals surface area contributed by atoms with Crippen LogP contribution in [0.3, 0.4) is 0 Å². The zero-order chi connectivity index (χ0) is 27.4. The molecule has 3 saturated carbocycles. The van der Waals surface area contributed by atoms with Crippen LogP contribution in [0.5, 0.6) is 0 Å². The molecular formula is C30H46O7. The molecule has 5 aliphatic rings. The van der Waals surface area contributed by atoms with Crippen LogP contribution in [0.4, 0.5) is 0 Å². The summed E-state index contributed by atoms with van der Waals surface area (Å²) in [6.45, 7) is 14.9. The van der Waals surface area contributed by atoms with Crippen LogP contribution in [0.1, 0.15) is 106 Å². The topological polar surface area (TPSA) is 110 Å². The lowest BCUT2D eigenvalue weighted by molar-refractivity contribution is -0.253. The molecule has 3 aliphatic carbocycles. The molecule has 5 fully saturated rings. The second-order valence-electron chi connectivity index (χ2n) is 15.2. The SMILES string of the molecule is CC1(C)CC[C@]2(C(=O)O)[C@H](O)C[C@]3(C)[C@H](OC(=O)C[C@@H]4[C@@]5(C)CCC(=O)OC(C)(C)[C@@H]5CC[C@]43C)[C@@H]2C1. The number of cyclic esters (lactones) is 1. The maximum absolute atomic E-state index is 13.7. The summed E-state index contributed by atoms with van der Waals surface area (Å²) in [4.78, 5) is 39.1. The highest BCUT2D eigenvalue weighted by Gasteiger charge is 2.73. The number of carboxylic acid groups (broad SMARTS) is 1. The minimum atomic E-state index is -1.30. The maximum Gasteiger partial charge on any atom is 0.312 e. The molecule has 0 amide bonds. The molecule has 0 aromatic carbocycles. The number of fused-ring (bicyclic) bond motifs is 7. The lowest BCUT2D eigenvalue weighted by atomic mass is 9.37. The minimum absolute atomic E-state index is 0.0730. The Balaban J connectivity index is 1.66.